The lowest BCUT2D eigenvalue weighted by Gasteiger charge is -2.43. The van der Waals surface area contributed by atoms with Gasteiger partial charge in [-0.3, -0.25) is 14.5 Å². The lowest BCUT2D eigenvalue weighted by molar-refractivity contribution is -0.151. The number of para-hydroxylation sites is 1. The molecule has 4 aliphatic heterocycles. The molecule has 2 radical (unpaired) electrons. The zero-order valence-electron chi connectivity index (χ0n) is 28.2. The summed E-state index contributed by atoms with van der Waals surface area (Å²) >= 11 is 0. The molecule has 2 aromatic rings. The first-order valence-corrected chi connectivity index (χ1v) is 17.5. The van der Waals surface area contributed by atoms with Crippen LogP contribution in [0.5, 0.6) is 5.75 Å². The molecular weight excluding hydrogens is 625 g/mol. The Morgan fingerprint density at radius 1 is 0.918 bits per heavy atom. The second-order valence-electron chi connectivity index (χ2n) is 13.5. The van der Waals surface area contributed by atoms with Crippen molar-refractivity contribution in [1.29, 1.82) is 0 Å². The molecule has 4 amide bonds. The fourth-order valence-corrected chi connectivity index (χ4v) is 7.82. The molecule has 0 bridgehead atoms. The minimum atomic E-state index is -1.08. The highest BCUT2D eigenvalue weighted by atomic mass is 16.6. The molecule has 13 heteroatoms. The number of rotatable bonds is 7. The molecule has 2 atom stereocenters. The highest BCUT2D eigenvalue weighted by molar-refractivity contribution is 6.34. The number of ether oxygens (including phenoxy) is 2. The highest BCUT2D eigenvalue weighted by Gasteiger charge is 2.39. The van der Waals surface area contributed by atoms with Crippen LogP contribution in [-0.2, 0) is 31.9 Å². The molecule has 4 aliphatic rings. The number of piperidine rings is 3. The minimum Gasteiger partial charge on any atom is -0.509 e. The van der Waals surface area contributed by atoms with E-state index in [2.05, 4.69) is 10.2 Å². The highest BCUT2D eigenvalue weighted by Crippen LogP contribution is 2.28. The van der Waals surface area contributed by atoms with Gasteiger partial charge >= 0.3 is 18.1 Å². The molecule has 0 aromatic heterocycles. The van der Waals surface area contributed by atoms with Crippen LogP contribution in [0.1, 0.15) is 56.1 Å². The molecular formula is C36H46BN5O7. The second-order valence-corrected chi connectivity index (χ2v) is 13.5. The van der Waals surface area contributed by atoms with E-state index < -0.39 is 12.2 Å². The summed E-state index contributed by atoms with van der Waals surface area (Å²) in [6, 6.07) is 12.3. The molecule has 0 aliphatic carbocycles. The third-order valence-corrected chi connectivity index (χ3v) is 10.6. The van der Waals surface area contributed by atoms with E-state index in [1.807, 2.05) is 29.2 Å². The summed E-state index contributed by atoms with van der Waals surface area (Å²) in [4.78, 5) is 60.6. The lowest BCUT2D eigenvalue weighted by atomic mass is 9.91. The molecule has 4 heterocycles. The van der Waals surface area contributed by atoms with Gasteiger partial charge in [-0.2, -0.15) is 0 Å². The number of fused-ring (bicyclic) bond motifs is 1. The number of phenolic OH excluding ortho intramolecular Hbond substituents is 1. The number of benzene rings is 2. The molecule has 2 N–H and O–H groups in total. The van der Waals surface area contributed by atoms with Gasteiger partial charge in [0.1, 0.15) is 19.6 Å². The molecule has 260 valence electrons. The van der Waals surface area contributed by atoms with Gasteiger partial charge in [-0.1, -0.05) is 42.2 Å². The number of hydrogen-bond acceptors (Lipinski definition) is 8. The number of phenols is 1. The average Bonchev–Trinajstić information content (AvgIpc) is 3.30. The summed E-state index contributed by atoms with van der Waals surface area (Å²) in [5.74, 6) is -0.543. The Morgan fingerprint density at radius 2 is 1.63 bits per heavy atom. The van der Waals surface area contributed by atoms with Crippen molar-refractivity contribution in [3.05, 3.63) is 53.6 Å². The van der Waals surface area contributed by atoms with Crippen molar-refractivity contribution in [1.82, 2.24) is 19.6 Å². The van der Waals surface area contributed by atoms with Gasteiger partial charge in [0.2, 0.25) is 0 Å². The monoisotopic (exact) mass is 671 g/mol. The maximum absolute atomic E-state index is 14.0. The van der Waals surface area contributed by atoms with Crippen molar-refractivity contribution in [2.75, 3.05) is 51.7 Å². The van der Waals surface area contributed by atoms with Gasteiger partial charge < -0.3 is 34.6 Å². The summed E-state index contributed by atoms with van der Waals surface area (Å²) in [5.41, 5.74) is 2.78. The standard InChI is InChI=1S/C36H46BN5O7/c1-48-34(45)30-8-4-5-16-41(30)26-12-17-39(18-13-26)33(44)32(23-24-9-10-31(43)28(37)22-24)49-36(47)40-19-14-27(15-20-40)42-21-11-25-6-2-3-7-29(25)38-35(42)46/h2-3,6-7,9-10,22,26-27,30,32,43H,4-5,8,11-21,23H2,1H3,(H,38,46)/t30-,32+/m0/s1. The molecule has 0 unspecified atom stereocenters. The second kappa shape index (κ2) is 15.5. The van der Waals surface area contributed by atoms with Crippen molar-refractivity contribution >= 4 is 43.0 Å². The van der Waals surface area contributed by atoms with Crippen molar-refractivity contribution in [2.45, 2.75) is 82.0 Å². The predicted octanol–water partition coefficient (Wildman–Crippen LogP) is 2.81. The summed E-state index contributed by atoms with van der Waals surface area (Å²) in [5, 5.41) is 13.0. The molecule has 49 heavy (non-hydrogen) atoms. The van der Waals surface area contributed by atoms with Crippen molar-refractivity contribution in [3.63, 3.8) is 0 Å². The smallest absolute Gasteiger partial charge is 0.410 e. The average molecular weight is 672 g/mol. The van der Waals surface area contributed by atoms with Crippen LogP contribution >= 0.6 is 0 Å². The first-order valence-electron chi connectivity index (χ1n) is 17.5. The Balaban J connectivity index is 1.08. The Labute approximate surface area is 289 Å². The number of amides is 4. The van der Waals surface area contributed by atoms with Crippen LogP contribution in [0, 0.1) is 0 Å². The number of anilines is 1. The number of methoxy groups -OCH3 is 1. The van der Waals surface area contributed by atoms with Gasteiger partial charge in [-0.05, 0) is 74.8 Å². The SMILES string of the molecule is [B]c1cc(C[C@@H](OC(=O)N2CCC(N3CCc4ccccc4NC3=O)CC2)C(=O)N2CCC(N3CCCC[C@H]3C(=O)OC)CC2)ccc1O. The Kier molecular flexibility index (Phi) is 11.0. The van der Waals surface area contributed by atoms with E-state index in [1.165, 1.54) is 13.2 Å². The van der Waals surface area contributed by atoms with Crippen LogP contribution in [0.3, 0.4) is 0 Å². The summed E-state index contributed by atoms with van der Waals surface area (Å²) in [6.07, 6.45) is 4.60. The van der Waals surface area contributed by atoms with Crippen LogP contribution in [0.4, 0.5) is 15.3 Å². The number of nitrogens with one attached hydrogen (secondary N) is 1. The van der Waals surface area contributed by atoms with Crippen molar-refractivity contribution < 1.29 is 33.8 Å². The van der Waals surface area contributed by atoms with Crippen molar-refractivity contribution in [3.8, 4) is 5.75 Å². The fraction of sp³-hybridized carbons (Fsp3) is 0.556. The van der Waals surface area contributed by atoms with E-state index in [0.29, 0.717) is 64.0 Å². The number of likely N-dealkylation sites (tertiary alicyclic amines) is 3. The van der Waals surface area contributed by atoms with Crippen LogP contribution < -0.4 is 10.8 Å². The predicted molar refractivity (Wildman–Crippen MR) is 184 cm³/mol. The Morgan fingerprint density at radius 3 is 2.37 bits per heavy atom. The Hall–Kier alpha value is -4.26. The van der Waals surface area contributed by atoms with Crippen molar-refractivity contribution in [2.24, 2.45) is 0 Å². The largest absolute Gasteiger partial charge is 0.509 e. The van der Waals surface area contributed by atoms with E-state index in [-0.39, 0.29) is 53.7 Å². The quantitative estimate of drug-likeness (QED) is 0.340. The van der Waals surface area contributed by atoms with E-state index in [9.17, 15) is 24.3 Å². The maximum Gasteiger partial charge on any atom is 0.410 e. The number of aromatic hydroxyl groups is 1. The molecule has 3 saturated heterocycles. The lowest BCUT2D eigenvalue weighted by Crippen LogP contribution is -2.55. The number of carbonyl (C=O) groups excluding carboxylic acids is 4. The number of urea groups is 1. The topological polar surface area (TPSA) is 132 Å². The van der Waals surface area contributed by atoms with E-state index in [1.54, 1.807) is 21.9 Å². The summed E-state index contributed by atoms with van der Waals surface area (Å²) in [6.45, 7) is 3.18. The number of esters is 1. The van der Waals surface area contributed by atoms with Crippen LogP contribution in [-0.4, -0.2) is 127 Å². The van der Waals surface area contributed by atoms with Gasteiger partial charge in [0.15, 0.2) is 6.10 Å². The molecule has 6 rings (SSSR count). The van der Waals surface area contributed by atoms with Crippen LogP contribution in [0.15, 0.2) is 42.5 Å². The van der Waals surface area contributed by atoms with E-state index in [0.717, 1.165) is 43.5 Å². The van der Waals surface area contributed by atoms with Gasteiger partial charge in [-0.25, -0.2) is 9.59 Å². The minimum absolute atomic E-state index is 0.0178. The third kappa shape index (κ3) is 7.98. The fourth-order valence-electron chi connectivity index (χ4n) is 7.82. The number of nitrogens with zero attached hydrogens (tertiary/aromatic N) is 4. The van der Waals surface area contributed by atoms with Gasteiger partial charge in [0.05, 0.1) is 7.11 Å². The van der Waals surface area contributed by atoms with Crippen LogP contribution in [0.25, 0.3) is 0 Å². The maximum atomic E-state index is 14.0. The van der Waals surface area contributed by atoms with Gasteiger partial charge in [0.25, 0.3) is 5.91 Å². The normalized spacial score (nSPS) is 21.7. The molecule has 12 nitrogen and oxygen atoms in total. The Bertz CT molecular complexity index is 1520. The molecule has 2 aromatic carbocycles. The third-order valence-electron chi connectivity index (χ3n) is 10.6. The van der Waals surface area contributed by atoms with Gasteiger partial charge in [-0.15, -0.1) is 0 Å². The van der Waals surface area contributed by atoms with Gasteiger partial charge in [0, 0.05) is 56.9 Å². The summed E-state index contributed by atoms with van der Waals surface area (Å²) < 4.78 is 11.1. The number of carbonyl (C=O) groups is 4. The zero-order valence-corrected chi connectivity index (χ0v) is 28.2. The molecule has 3 fully saturated rings. The zero-order chi connectivity index (χ0) is 34.5. The first-order chi connectivity index (χ1) is 23.7. The molecule has 0 spiro atoms. The van der Waals surface area contributed by atoms with Crippen LogP contribution in [0.2, 0.25) is 0 Å². The number of hydrogen-bond donors (Lipinski definition) is 2. The van der Waals surface area contributed by atoms with E-state index >= 15 is 0 Å². The first kappa shape index (κ1) is 34.6. The molecule has 0 saturated carbocycles. The summed E-state index contributed by atoms with van der Waals surface area (Å²) in [7, 11) is 7.38. The van der Waals surface area contributed by atoms with E-state index in [4.69, 9.17) is 17.3 Å².